The van der Waals surface area contributed by atoms with Gasteiger partial charge in [0.1, 0.15) is 5.75 Å². The van der Waals surface area contributed by atoms with Crippen molar-refractivity contribution in [2.24, 2.45) is 0 Å². The molecule has 140 valence electrons. The molecule has 1 amide bonds. The third-order valence-corrected chi connectivity index (χ3v) is 5.92. The van der Waals surface area contributed by atoms with Gasteiger partial charge in [-0.05, 0) is 31.5 Å². The molecule has 7 nitrogen and oxygen atoms in total. The summed E-state index contributed by atoms with van der Waals surface area (Å²) in [6, 6.07) is 7.12. The van der Waals surface area contributed by atoms with Crippen molar-refractivity contribution < 1.29 is 22.7 Å². The van der Waals surface area contributed by atoms with E-state index in [0.29, 0.717) is 26.4 Å². The lowest BCUT2D eigenvalue weighted by atomic mass is 10.1. The summed E-state index contributed by atoms with van der Waals surface area (Å²) in [5.74, 6) is 0.457. The molecule has 0 saturated carbocycles. The number of rotatable bonds is 8. The van der Waals surface area contributed by atoms with Gasteiger partial charge in [0, 0.05) is 19.1 Å². The Balaban J connectivity index is 1.77. The van der Waals surface area contributed by atoms with Crippen molar-refractivity contribution >= 4 is 15.9 Å². The fourth-order valence-electron chi connectivity index (χ4n) is 2.68. The topological polar surface area (TPSA) is 84.9 Å². The Morgan fingerprint density at radius 2 is 2.08 bits per heavy atom. The second-order valence-electron chi connectivity index (χ2n) is 5.95. The van der Waals surface area contributed by atoms with Crippen LogP contribution in [-0.2, 0) is 26.0 Å². The number of sulfonamides is 1. The van der Waals surface area contributed by atoms with Gasteiger partial charge < -0.3 is 14.8 Å². The van der Waals surface area contributed by atoms with Gasteiger partial charge in [0.25, 0.3) is 0 Å². The smallest absolute Gasteiger partial charge is 0.224 e. The van der Waals surface area contributed by atoms with Gasteiger partial charge in [-0.2, -0.15) is 4.31 Å². The van der Waals surface area contributed by atoms with E-state index >= 15 is 0 Å². The number of hydrogen-bond acceptors (Lipinski definition) is 5. The molecule has 1 fully saturated rings. The largest absolute Gasteiger partial charge is 0.494 e. The minimum absolute atomic E-state index is 0.0995. The van der Waals surface area contributed by atoms with Crippen LogP contribution in [0.4, 0.5) is 0 Å². The highest BCUT2D eigenvalue weighted by molar-refractivity contribution is 7.89. The van der Waals surface area contributed by atoms with E-state index in [9.17, 15) is 13.2 Å². The molecule has 1 N–H and O–H groups in total. The van der Waals surface area contributed by atoms with Crippen molar-refractivity contribution in [1.82, 2.24) is 9.62 Å². The van der Waals surface area contributed by atoms with Crippen LogP contribution in [0, 0.1) is 0 Å². The van der Waals surface area contributed by atoms with E-state index in [-0.39, 0.29) is 30.7 Å². The number of amides is 1. The minimum Gasteiger partial charge on any atom is -0.494 e. The molecule has 0 aliphatic carbocycles. The van der Waals surface area contributed by atoms with Gasteiger partial charge in [0.2, 0.25) is 15.9 Å². The summed E-state index contributed by atoms with van der Waals surface area (Å²) in [4.78, 5) is 12.0. The van der Waals surface area contributed by atoms with Crippen molar-refractivity contribution in [2.75, 3.05) is 38.7 Å². The zero-order valence-electron chi connectivity index (χ0n) is 14.7. The predicted octanol–water partition coefficient (Wildman–Crippen LogP) is 0.795. The van der Waals surface area contributed by atoms with Gasteiger partial charge in [-0.25, -0.2) is 8.42 Å². The molecule has 1 saturated heterocycles. The van der Waals surface area contributed by atoms with E-state index < -0.39 is 10.0 Å². The molecule has 0 spiro atoms. The lowest BCUT2D eigenvalue weighted by molar-refractivity contribution is -0.120. The molecular weight excluding hydrogens is 344 g/mol. The minimum atomic E-state index is -3.39. The Kier molecular flexibility index (Phi) is 7.22. The molecule has 1 atom stereocenters. The standard InChI is InChI=1S/C17H26N2O5S/c1-3-24-16-6-4-15(5-7-16)12-17(20)18-8-11-25(21,22)19-9-10-23-13-14(19)2/h4-7,14H,3,8-13H2,1-2H3,(H,18,20). The fourth-order valence-corrected chi connectivity index (χ4v) is 4.24. The van der Waals surface area contributed by atoms with Crippen molar-refractivity contribution in [2.45, 2.75) is 26.3 Å². The molecule has 1 aromatic carbocycles. The van der Waals surface area contributed by atoms with Gasteiger partial charge in [0.05, 0.1) is 32.0 Å². The maximum Gasteiger partial charge on any atom is 0.224 e. The van der Waals surface area contributed by atoms with Gasteiger partial charge in [-0.3, -0.25) is 4.79 Å². The molecule has 1 unspecified atom stereocenters. The molecule has 1 aromatic rings. The second kappa shape index (κ2) is 9.17. The lowest BCUT2D eigenvalue weighted by Gasteiger charge is -2.32. The van der Waals surface area contributed by atoms with Crippen LogP contribution in [-0.4, -0.2) is 63.3 Å². The summed E-state index contributed by atoms with van der Waals surface area (Å²) in [6.07, 6.45) is 0.209. The van der Waals surface area contributed by atoms with E-state index in [1.165, 1.54) is 4.31 Å². The molecule has 0 bridgehead atoms. The van der Waals surface area contributed by atoms with Gasteiger partial charge in [-0.1, -0.05) is 12.1 Å². The summed E-state index contributed by atoms with van der Waals surface area (Å²) in [5, 5.41) is 2.67. The van der Waals surface area contributed by atoms with Gasteiger partial charge >= 0.3 is 0 Å². The first-order valence-corrected chi connectivity index (χ1v) is 10.1. The third-order valence-electron chi connectivity index (χ3n) is 3.95. The molecule has 0 aromatic heterocycles. The Morgan fingerprint density at radius 3 is 2.72 bits per heavy atom. The highest BCUT2D eigenvalue weighted by Crippen LogP contribution is 2.13. The number of hydrogen-bond donors (Lipinski definition) is 1. The van der Waals surface area contributed by atoms with E-state index in [4.69, 9.17) is 9.47 Å². The molecule has 25 heavy (non-hydrogen) atoms. The van der Waals surface area contributed by atoms with Crippen LogP contribution in [0.3, 0.4) is 0 Å². The van der Waals surface area contributed by atoms with Crippen LogP contribution in [0.1, 0.15) is 19.4 Å². The van der Waals surface area contributed by atoms with E-state index in [1.807, 2.05) is 38.1 Å². The molecule has 1 aliphatic heterocycles. The quantitative estimate of drug-likeness (QED) is 0.731. The van der Waals surface area contributed by atoms with Crippen LogP contribution < -0.4 is 10.1 Å². The normalized spacial score (nSPS) is 18.7. The zero-order chi connectivity index (χ0) is 18.3. The summed E-state index contributed by atoms with van der Waals surface area (Å²) in [7, 11) is -3.39. The molecule has 2 rings (SSSR count). The summed E-state index contributed by atoms with van der Waals surface area (Å²) in [6.45, 7) is 5.60. The van der Waals surface area contributed by atoms with E-state index in [1.54, 1.807) is 0 Å². The average molecular weight is 370 g/mol. The van der Waals surface area contributed by atoms with Crippen LogP contribution in [0.2, 0.25) is 0 Å². The maximum atomic E-state index is 12.3. The first-order valence-electron chi connectivity index (χ1n) is 8.48. The van der Waals surface area contributed by atoms with Crippen LogP contribution >= 0.6 is 0 Å². The first kappa shape index (κ1) is 19.7. The monoisotopic (exact) mass is 370 g/mol. The van der Waals surface area contributed by atoms with Crippen molar-refractivity contribution in [3.8, 4) is 5.75 Å². The highest BCUT2D eigenvalue weighted by Gasteiger charge is 2.29. The maximum absolute atomic E-state index is 12.3. The third kappa shape index (κ3) is 5.98. The van der Waals surface area contributed by atoms with Crippen molar-refractivity contribution in [3.05, 3.63) is 29.8 Å². The Hall–Kier alpha value is -1.64. The van der Waals surface area contributed by atoms with Gasteiger partial charge in [0.15, 0.2) is 0 Å². The summed E-state index contributed by atoms with van der Waals surface area (Å²) in [5.41, 5.74) is 0.852. The molecule has 0 radical (unpaired) electrons. The van der Waals surface area contributed by atoms with Crippen LogP contribution in [0.25, 0.3) is 0 Å². The Bertz CT molecular complexity index is 660. The molecule has 8 heteroatoms. The molecule has 1 aliphatic rings. The number of nitrogens with zero attached hydrogens (tertiary/aromatic N) is 1. The number of ether oxygens (including phenoxy) is 2. The summed E-state index contributed by atoms with van der Waals surface area (Å²) >= 11 is 0. The zero-order valence-corrected chi connectivity index (χ0v) is 15.5. The Morgan fingerprint density at radius 1 is 1.36 bits per heavy atom. The number of carbonyl (C=O) groups is 1. The van der Waals surface area contributed by atoms with Gasteiger partial charge in [-0.15, -0.1) is 0 Å². The van der Waals surface area contributed by atoms with Crippen LogP contribution in [0.5, 0.6) is 5.75 Å². The SMILES string of the molecule is CCOc1ccc(CC(=O)NCCS(=O)(=O)N2CCOCC2C)cc1. The number of carbonyl (C=O) groups excluding carboxylic acids is 1. The van der Waals surface area contributed by atoms with Crippen molar-refractivity contribution in [3.63, 3.8) is 0 Å². The molecule has 1 heterocycles. The summed E-state index contributed by atoms with van der Waals surface area (Å²) < 4.78 is 36.7. The van der Waals surface area contributed by atoms with E-state index in [2.05, 4.69) is 5.32 Å². The first-order chi connectivity index (χ1) is 11.9. The fraction of sp³-hybridized carbons (Fsp3) is 0.588. The second-order valence-corrected chi connectivity index (χ2v) is 8.00. The average Bonchev–Trinajstić information content (AvgIpc) is 2.57. The van der Waals surface area contributed by atoms with Crippen LogP contribution in [0.15, 0.2) is 24.3 Å². The van der Waals surface area contributed by atoms with Crippen molar-refractivity contribution in [1.29, 1.82) is 0 Å². The van der Waals surface area contributed by atoms with E-state index in [0.717, 1.165) is 11.3 Å². The highest BCUT2D eigenvalue weighted by atomic mass is 32.2. The lowest BCUT2D eigenvalue weighted by Crippen LogP contribution is -2.49. The number of nitrogens with one attached hydrogen (secondary N) is 1. The number of benzene rings is 1. The number of morpholine rings is 1. The Labute approximate surface area is 149 Å². The molecular formula is C17H26N2O5S. The predicted molar refractivity (Wildman–Crippen MR) is 95.1 cm³/mol.